The first-order valence-corrected chi connectivity index (χ1v) is 11.6. The van der Waals surface area contributed by atoms with Gasteiger partial charge in [0.1, 0.15) is 22.9 Å². The zero-order chi connectivity index (χ0) is 24.3. The quantitative estimate of drug-likeness (QED) is 0.347. The number of β-lactam (4-membered cyclic amide) rings is 1. The molecule has 0 aromatic heterocycles. The minimum atomic E-state index is -1.53. The van der Waals surface area contributed by atoms with Gasteiger partial charge in [0.15, 0.2) is 6.61 Å². The van der Waals surface area contributed by atoms with E-state index in [1.165, 1.54) is 0 Å². The maximum absolute atomic E-state index is 12.7. The Morgan fingerprint density at radius 2 is 1.82 bits per heavy atom. The van der Waals surface area contributed by atoms with Gasteiger partial charge in [0.25, 0.3) is 11.8 Å². The van der Waals surface area contributed by atoms with Crippen molar-refractivity contribution in [2.45, 2.75) is 39.1 Å². The Kier molecular flexibility index (Phi) is 7.21. The van der Waals surface area contributed by atoms with Gasteiger partial charge in [-0.3, -0.25) is 23.5 Å². The molecule has 10 nitrogen and oxygen atoms in total. The fraction of sp³-hybridized carbons (Fsp3) is 0.455. The van der Waals surface area contributed by atoms with E-state index in [1.54, 1.807) is 58.0 Å². The second-order valence-electron chi connectivity index (χ2n) is 8.63. The lowest BCUT2D eigenvalue weighted by Crippen LogP contribution is -2.73. The summed E-state index contributed by atoms with van der Waals surface area (Å²) in [6.45, 7) is 5.60. The normalized spacial score (nSPS) is 22.1. The number of hydrogen-bond donors (Lipinski definition) is 1. The number of fused-ring (bicyclic) bond motifs is 1. The molecular formula is C22H26N2O8S. The number of hydrogen-bond acceptors (Lipinski definition) is 8. The molecule has 1 N–H and O–H groups in total. The van der Waals surface area contributed by atoms with Crippen LogP contribution < -0.4 is 10.1 Å². The van der Waals surface area contributed by atoms with Gasteiger partial charge in [-0.1, -0.05) is 18.2 Å². The van der Waals surface area contributed by atoms with Crippen LogP contribution >= 0.6 is 0 Å². The molecule has 33 heavy (non-hydrogen) atoms. The lowest BCUT2D eigenvalue weighted by Gasteiger charge is -2.49. The van der Waals surface area contributed by atoms with Crippen LogP contribution in [0, 0.1) is 5.41 Å². The van der Waals surface area contributed by atoms with Crippen molar-refractivity contribution < 1.29 is 37.6 Å². The van der Waals surface area contributed by atoms with Crippen molar-refractivity contribution >= 4 is 34.6 Å². The molecule has 0 radical (unpaired) electrons. The molecule has 0 aliphatic carbocycles. The van der Waals surface area contributed by atoms with Gasteiger partial charge in [0.05, 0.1) is 16.2 Å². The van der Waals surface area contributed by atoms with Gasteiger partial charge < -0.3 is 19.5 Å². The molecule has 2 aliphatic rings. The number of amides is 2. The molecule has 0 saturated carbocycles. The minimum absolute atomic E-state index is 0.0353. The van der Waals surface area contributed by atoms with E-state index < -0.39 is 58.2 Å². The van der Waals surface area contributed by atoms with Crippen LogP contribution in [0.2, 0.25) is 0 Å². The van der Waals surface area contributed by atoms with Crippen LogP contribution in [0.15, 0.2) is 41.6 Å². The Morgan fingerprint density at radius 1 is 1.15 bits per heavy atom. The first-order valence-electron chi connectivity index (χ1n) is 10.2. The molecule has 1 fully saturated rings. The van der Waals surface area contributed by atoms with Crippen molar-refractivity contribution in [2.24, 2.45) is 5.41 Å². The number of para-hydroxylation sites is 1. The first kappa shape index (κ1) is 24.4. The summed E-state index contributed by atoms with van der Waals surface area (Å²) in [5.41, 5.74) is -0.415. The topological polar surface area (TPSA) is 128 Å². The van der Waals surface area contributed by atoms with E-state index in [2.05, 4.69) is 5.32 Å². The predicted octanol–water partition coefficient (Wildman–Crippen LogP) is 0.845. The molecule has 3 rings (SSSR count). The largest absolute Gasteiger partial charge is 0.484 e. The zero-order valence-electron chi connectivity index (χ0n) is 18.8. The number of esters is 2. The van der Waals surface area contributed by atoms with Crippen LogP contribution in [0.5, 0.6) is 5.75 Å². The Balaban J connectivity index is 1.60. The van der Waals surface area contributed by atoms with Gasteiger partial charge in [0.2, 0.25) is 6.79 Å². The van der Waals surface area contributed by atoms with E-state index in [-0.39, 0.29) is 18.1 Å². The van der Waals surface area contributed by atoms with E-state index in [9.17, 15) is 23.4 Å². The van der Waals surface area contributed by atoms with Crippen molar-refractivity contribution in [3.8, 4) is 5.75 Å². The smallest absolute Gasteiger partial charge is 0.357 e. The summed E-state index contributed by atoms with van der Waals surface area (Å²) in [5.74, 6) is -2.04. The number of nitrogens with zero attached hydrogens (tertiary/aromatic N) is 1. The van der Waals surface area contributed by atoms with Gasteiger partial charge in [0, 0.05) is 5.75 Å². The highest BCUT2D eigenvalue weighted by Gasteiger charge is 2.57. The summed E-state index contributed by atoms with van der Waals surface area (Å²) in [4.78, 5) is 50.5. The van der Waals surface area contributed by atoms with E-state index >= 15 is 0 Å². The molecule has 11 heteroatoms. The predicted molar refractivity (Wildman–Crippen MR) is 117 cm³/mol. The average molecular weight is 479 g/mol. The molecule has 0 spiro atoms. The third-order valence-electron chi connectivity index (χ3n) is 4.93. The standard InChI is InChI=1S/C22H26N2O8S/c1-13-11-33(29)19-16(23-15(25)10-30-14-8-6-5-7-9-14)18(26)24(19)17(13)20(27)31-12-32-21(28)22(2,3)4/h5-9,16,19H,10-12H2,1-4H3,(H,23,25)/t16?,19-,33?/m1/s1. The van der Waals surface area contributed by atoms with Crippen LogP contribution in [-0.4, -0.2) is 63.4 Å². The fourth-order valence-electron chi connectivity index (χ4n) is 3.25. The molecule has 2 heterocycles. The Bertz CT molecular complexity index is 1010. The highest BCUT2D eigenvalue weighted by atomic mass is 32.2. The van der Waals surface area contributed by atoms with Crippen molar-refractivity contribution in [3.05, 3.63) is 41.6 Å². The number of rotatable bonds is 7. The van der Waals surface area contributed by atoms with Crippen molar-refractivity contribution in [1.82, 2.24) is 10.2 Å². The molecule has 1 saturated heterocycles. The summed E-state index contributed by atoms with van der Waals surface area (Å²) in [5, 5.41) is 1.62. The second-order valence-corrected chi connectivity index (χ2v) is 10.2. The van der Waals surface area contributed by atoms with Crippen molar-refractivity contribution in [1.29, 1.82) is 0 Å². The van der Waals surface area contributed by atoms with Gasteiger partial charge in [-0.2, -0.15) is 0 Å². The lowest BCUT2D eigenvalue weighted by molar-refractivity contribution is -0.173. The maximum atomic E-state index is 12.7. The van der Waals surface area contributed by atoms with E-state index in [1.807, 2.05) is 0 Å². The van der Waals surface area contributed by atoms with E-state index in [0.717, 1.165) is 4.90 Å². The van der Waals surface area contributed by atoms with Crippen molar-refractivity contribution in [3.63, 3.8) is 0 Å². The molecule has 0 bridgehead atoms. The Morgan fingerprint density at radius 3 is 2.45 bits per heavy atom. The molecule has 2 aliphatic heterocycles. The minimum Gasteiger partial charge on any atom is -0.484 e. The lowest BCUT2D eigenvalue weighted by atomic mass is 9.98. The van der Waals surface area contributed by atoms with Gasteiger partial charge in [-0.15, -0.1) is 0 Å². The van der Waals surface area contributed by atoms with Crippen molar-refractivity contribution in [2.75, 3.05) is 19.2 Å². The molecule has 1 aromatic carbocycles. The Hall–Kier alpha value is -3.21. The third kappa shape index (κ3) is 5.41. The summed E-state index contributed by atoms with van der Waals surface area (Å²) >= 11 is 0. The van der Waals surface area contributed by atoms with Gasteiger partial charge in [-0.25, -0.2) is 4.79 Å². The number of carbonyl (C=O) groups excluding carboxylic acids is 4. The number of benzene rings is 1. The Labute approximate surface area is 193 Å². The molecule has 1 aromatic rings. The van der Waals surface area contributed by atoms with Crippen LogP contribution in [0.4, 0.5) is 0 Å². The molecule has 2 unspecified atom stereocenters. The van der Waals surface area contributed by atoms with Gasteiger partial charge in [-0.05, 0) is 45.4 Å². The molecule has 178 valence electrons. The highest BCUT2D eigenvalue weighted by molar-refractivity contribution is 7.86. The summed E-state index contributed by atoms with van der Waals surface area (Å²) in [6, 6.07) is 7.64. The zero-order valence-corrected chi connectivity index (χ0v) is 19.6. The monoisotopic (exact) mass is 478 g/mol. The highest BCUT2D eigenvalue weighted by Crippen LogP contribution is 2.35. The molecule has 3 atom stereocenters. The van der Waals surface area contributed by atoms with Crippen LogP contribution in [-0.2, 0) is 39.5 Å². The van der Waals surface area contributed by atoms with Crippen LogP contribution in [0.1, 0.15) is 27.7 Å². The summed E-state index contributed by atoms with van der Waals surface area (Å²) in [7, 11) is -1.53. The van der Waals surface area contributed by atoms with Gasteiger partial charge >= 0.3 is 11.9 Å². The van der Waals surface area contributed by atoms with E-state index in [4.69, 9.17) is 14.2 Å². The SMILES string of the molecule is CC1=C(C(=O)OCOC(=O)C(C)(C)C)N2C(=O)C(NC(=O)COc3ccccc3)[C@H]2S(=O)C1. The second kappa shape index (κ2) is 9.74. The number of ether oxygens (including phenoxy) is 3. The number of nitrogens with one attached hydrogen (secondary N) is 1. The summed E-state index contributed by atoms with van der Waals surface area (Å²) in [6.07, 6.45) is 0. The molecule has 2 amide bonds. The van der Waals surface area contributed by atoms with Crippen LogP contribution in [0.25, 0.3) is 0 Å². The summed E-state index contributed by atoms with van der Waals surface area (Å²) < 4.78 is 28.0. The first-order chi connectivity index (χ1) is 15.5. The average Bonchev–Trinajstić information content (AvgIpc) is 2.75. The number of carbonyl (C=O) groups is 4. The fourth-order valence-corrected chi connectivity index (χ4v) is 4.92. The molecular weight excluding hydrogens is 452 g/mol. The van der Waals surface area contributed by atoms with Crippen LogP contribution in [0.3, 0.4) is 0 Å². The third-order valence-corrected chi connectivity index (χ3v) is 6.67. The maximum Gasteiger partial charge on any atom is 0.357 e. The van der Waals surface area contributed by atoms with E-state index in [0.29, 0.717) is 11.3 Å².